The van der Waals surface area contributed by atoms with Crippen molar-refractivity contribution in [1.29, 1.82) is 0 Å². The van der Waals surface area contributed by atoms with Crippen LogP contribution in [0.4, 0.5) is 11.4 Å². The van der Waals surface area contributed by atoms with E-state index in [0.717, 1.165) is 19.3 Å². The molecular formula is C21H26N2O3. The lowest BCUT2D eigenvalue weighted by Crippen LogP contribution is -2.15. The van der Waals surface area contributed by atoms with E-state index in [9.17, 15) is 9.59 Å². The Labute approximate surface area is 154 Å². The summed E-state index contributed by atoms with van der Waals surface area (Å²) in [7, 11) is 0. The van der Waals surface area contributed by atoms with Gasteiger partial charge in [-0.1, -0.05) is 38.5 Å². The molecule has 2 rings (SSSR count). The maximum Gasteiger partial charge on any atom is 0.259 e. The molecular weight excluding hydrogens is 328 g/mol. The molecule has 0 saturated carbocycles. The Hall–Kier alpha value is -2.82. The van der Waals surface area contributed by atoms with E-state index in [2.05, 4.69) is 17.6 Å². The normalized spacial score (nSPS) is 10.2. The molecule has 26 heavy (non-hydrogen) atoms. The Kier molecular flexibility index (Phi) is 7.68. The third-order valence-electron chi connectivity index (χ3n) is 3.77. The van der Waals surface area contributed by atoms with Crippen molar-refractivity contribution >= 4 is 23.2 Å². The topological polar surface area (TPSA) is 67.4 Å². The van der Waals surface area contributed by atoms with Gasteiger partial charge in [0.1, 0.15) is 5.75 Å². The maximum atomic E-state index is 12.6. The number of para-hydroxylation sites is 1. The largest absolute Gasteiger partial charge is 0.493 e. The van der Waals surface area contributed by atoms with Gasteiger partial charge in [0.15, 0.2) is 0 Å². The van der Waals surface area contributed by atoms with Crippen molar-refractivity contribution in [3.05, 3.63) is 54.1 Å². The molecule has 5 heteroatoms. The first-order valence-corrected chi connectivity index (χ1v) is 9.07. The van der Waals surface area contributed by atoms with Crippen molar-refractivity contribution in [3.8, 4) is 5.75 Å². The minimum Gasteiger partial charge on any atom is -0.493 e. The van der Waals surface area contributed by atoms with E-state index in [4.69, 9.17) is 4.74 Å². The molecule has 0 spiro atoms. The van der Waals surface area contributed by atoms with Gasteiger partial charge in [-0.3, -0.25) is 9.59 Å². The zero-order valence-corrected chi connectivity index (χ0v) is 15.4. The first kappa shape index (κ1) is 19.5. The second kappa shape index (κ2) is 10.2. The molecule has 0 saturated heterocycles. The molecule has 0 bridgehead atoms. The molecule has 0 aromatic heterocycles. The minimum absolute atomic E-state index is 0.0364. The van der Waals surface area contributed by atoms with Gasteiger partial charge in [0.2, 0.25) is 5.91 Å². The van der Waals surface area contributed by atoms with E-state index >= 15 is 0 Å². The zero-order chi connectivity index (χ0) is 18.8. The lowest BCUT2D eigenvalue weighted by atomic mass is 10.1. The van der Waals surface area contributed by atoms with Crippen LogP contribution < -0.4 is 15.4 Å². The van der Waals surface area contributed by atoms with Crippen molar-refractivity contribution in [1.82, 2.24) is 0 Å². The fourth-order valence-electron chi connectivity index (χ4n) is 2.43. The van der Waals surface area contributed by atoms with Gasteiger partial charge in [0.25, 0.3) is 5.91 Å². The van der Waals surface area contributed by atoms with Gasteiger partial charge in [-0.2, -0.15) is 0 Å². The Balaban J connectivity index is 2.07. The fraction of sp³-hybridized carbons (Fsp3) is 0.333. The van der Waals surface area contributed by atoms with Crippen molar-refractivity contribution in [2.75, 3.05) is 17.2 Å². The second-order valence-corrected chi connectivity index (χ2v) is 6.03. The third-order valence-corrected chi connectivity index (χ3v) is 3.77. The molecule has 5 nitrogen and oxygen atoms in total. The molecule has 0 aliphatic heterocycles. The summed E-state index contributed by atoms with van der Waals surface area (Å²) in [5.74, 6) is 0.297. The van der Waals surface area contributed by atoms with Crippen LogP contribution in [0, 0.1) is 0 Å². The lowest BCUT2D eigenvalue weighted by molar-refractivity contribution is -0.116. The number of anilines is 2. The summed E-state index contributed by atoms with van der Waals surface area (Å²) in [6, 6.07) is 14.3. The van der Waals surface area contributed by atoms with Gasteiger partial charge in [0, 0.05) is 17.8 Å². The molecule has 0 aliphatic rings. The van der Waals surface area contributed by atoms with Crippen LogP contribution in [0.1, 0.15) is 49.9 Å². The fourth-order valence-corrected chi connectivity index (χ4v) is 2.43. The van der Waals surface area contributed by atoms with Crippen molar-refractivity contribution in [2.24, 2.45) is 0 Å². The molecule has 0 radical (unpaired) electrons. The van der Waals surface area contributed by atoms with Crippen LogP contribution >= 0.6 is 0 Å². The van der Waals surface area contributed by atoms with Crippen LogP contribution in [0.15, 0.2) is 48.5 Å². The minimum atomic E-state index is -0.242. The van der Waals surface area contributed by atoms with E-state index in [1.54, 1.807) is 36.4 Å². The number of hydrogen-bond donors (Lipinski definition) is 2. The SMILES string of the molecule is CCCCOc1ccccc1C(=O)Nc1cccc(NC(=O)CCC)c1. The van der Waals surface area contributed by atoms with Gasteiger partial charge in [-0.05, 0) is 43.2 Å². The number of unbranched alkanes of at least 4 members (excludes halogenated alkanes) is 1. The second-order valence-electron chi connectivity index (χ2n) is 6.03. The number of benzene rings is 2. The summed E-state index contributed by atoms with van der Waals surface area (Å²) in [5, 5.41) is 5.69. The molecule has 2 aromatic carbocycles. The third kappa shape index (κ3) is 5.92. The quantitative estimate of drug-likeness (QED) is 0.632. The number of ether oxygens (including phenoxy) is 1. The molecule has 0 unspecified atom stereocenters. The summed E-state index contributed by atoms with van der Waals surface area (Å²) in [5.41, 5.74) is 1.77. The van der Waals surface area contributed by atoms with E-state index in [0.29, 0.717) is 35.7 Å². The highest BCUT2D eigenvalue weighted by molar-refractivity contribution is 6.06. The number of carbonyl (C=O) groups excluding carboxylic acids is 2. The van der Waals surface area contributed by atoms with Crippen LogP contribution in [0.5, 0.6) is 5.75 Å². The van der Waals surface area contributed by atoms with Crippen LogP contribution in [-0.4, -0.2) is 18.4 Å². The van der Waals surface area contributed by atoms with Crippen LogP contribution in [0.2, 0.25) is 0 Å². The summed E-state index contributed by atoms with van der Waals surface area (Å²) in [6.07, 6.45) is 3.23. The smallest absolute Gasteiger partial charge is 0.259 e. The average molecular weight is 354 g/mol. The first-order chi connectivity index (χ1) is 12.6. The van der Waals surface area contributed by atoms with Crippen molar-refractivity contribution in [3.63, 3.8) is 0 Å². The molecule has 0 heterocycles. The van der Waals surface area contributed by atoms with Crippen molar-refractivity contribution < 1.29 is 14.3 Å². The zero-order valence-electron chi connectivity index (χ0n) is 15.4. The Morgan fingerprint density at radius 1 is 0.923 bits per heavy atom. The van der Waals surface area contributed by atoms with E-state index in [1.807, 2.05) is 19.1 Å². The molecule has 0 fully saturated rings. The van der Waals surface area contributed by atoms with E-state index in [1.165, 1.54) is 0 Å². The number of carbonyl (C=O) groups is 2. The predicted octanol–water partition coefficient (Wildman–Crippen LogP) is 4.86. The highest BCUT2D eigenvalue weighted by atomic mass is 16.5. The number of amides is 2. The van der Waals surface area contributed by atoms with Gasteiger partial charge < -0.3 is 15.4 Å². The molecule has 0 aliphatic carbocycles. The maximum absolute atomic E-state index is 12.6. The van der Waals surface area contributed by atoms with Crippen LogP contribution in [-0.2, 0) is 4.79 Å². The molecule has 2 N–H and O–H groups in total. The Bertz CT molecular complexity index is 744. The number of rotatable bonds is 9. The standard InChI is InChI=1S/C21H26N2O3/c1-3-5-14-26-19-13-7-6-12-18(19)21(25)23-17-11-8-10-16(15-17)22-20(24)9-4-2/h6-8,10-13,15H,3-5,9,14H2,1-2H3,(H,22,24)(H,23,25). The summed E-state index contributed by atoms with van der Waals surface area (Å²) in [6.45, 7) is 4.63. The summed E-state index contributed by atoms with van der Waals surface area (Å²) >= 11 is 0. The highest BCUT2D eigenvalue weighted by Gasteiger charge is 2.12. The van der Waals surface area contributed by atoms with Gasteiger partial charge in [0.05, 0.1) is 12.2 Å². The van der Waals surface area contributed by atoms with E-state index < -0.39 is 0 Å². The molecule has 138 valence electrons. The molecule has 0 atom stereocenters. The lowest BCUT2D eigenvalue weighted by Gasteiger charge is -2.12. The van der Waals surface area contributed by atoms with Gasteiger partial charge in [-0.15, -0.1) is 0 Å². The van der Waals surface area contributed by atoms with Crippen LogP contribution in [0.3, 0.4) is 0 Å². The highest BCUT2D eigenvalue weighted by Crippen LogP contribution is 2.21. The Morgan fingerprint density at radius 3 is 2.38 bits per heavy atom. The van der Waals surface area contributed by atoms with Gasteiger partial charge >= 0.3 is 0 Å². The van der Waals surface area contributed by atoms with Gasteiger partial charge in [-0.25, -0.2) is 0 Å². The monoisotopic (exact) mass is 354 g/mol. The summed E-state index contributed by atoms with van der Waals surface area (Å²) in [4.78, 5) is 24.3. The molecule has 2 aromatic rings. The molecule has 2 amide bonds. The summed E-state index contributed by atoms with van der Waals surface area (Å²) < 4.78 is 5.72. The van der Waals surface area contributed by atoms with E-state index in [-0.39, 0.29) is 11.8 Å². The number of nitrogens with one attached hydrogen (secondary N) is 2. The first-order valence-electron chi connectivity index (χ1n) is 9.07. The predicted molar refractivity (Wildman–Crippen MR) is 105 cm³/mol. The van der Waals surface area contributed by atoms with Crippen LogP contribution in [0.25, 0.3) is 0 Å². The average Bonchev–Trinajstić information content (AvgIpc) is 2.63. The number of hydrogen-bond acceptors (Lipinski definition) is 3. The Morgan fingerprint density at radius 2 is 1.65 bits per heavy atom. The van der Waals surface area contributed by atoms with Crippen molar-refractivity contribution in [2.45, 2.75) is 39.5 Å².